The van der Waals surface area contributed by atoms with Crippen molar-refractivity contribution in [3.05, 3.63) is 71.4 Å². The molecule has 3 heterocycles. The van der Waals surface area contributed by atoms with E-state index < -0.39 is 0 Å². The predicted molar refractivity (Wildman–Crippen MR) is 98.4 cm³/mol. The van der Waals surface area contributed by atoms with Gasteiger partial charge in [-0.05, 0) is 18.1 Å². The van der Waals surface area contributed by atoms with Gasteiger partial charge in [-0.25, -0.2) is 9.97 Å². The molecule has 0 radical (unpaired) electrons. The number of anilines is 1. The first kappa shape index (κ1) is 14.2. The standard InChI is InChI=1S/C20H17N5/c1-13-6-8-14(9-7-13)10-21-20-22-11-17-19(24-20)25-12-15-4-2-3-5-16(15)18(25)23-17/h2-9,11H,10,12H2,1H3,(H,21,22,24). The number of rotatable bonds is 3. The van der Waals surface area contributed by atoms with Gasteiger partial charge in [0.05, 0.1) is 12.7 Å². The molecule has 2 aromatic carbocycles. The Labute approximate surface area is 145 Å². The van der Waals surface area contributed by atoms with Crippen LogP contribution in [0.3, 0.4) is 0 Å². The highest BCUT2D eigenvalue weighted by molar-refractivity contribution is 5.80. The van der Waals surface area contributed by atoms with Crippen LogP contribution in [0.4, 0.5) is 5.95 Å². The van der Waals surface area contributed by atoms with Crippen LogP contribution in [0.5, 0.6) is 0 Å². The van der Waals surface area contributed by atoms with Crippen molar-refractivity contribution in [1.29, 1.82) is 0 Å². The first-order valence-corrected chi connectivity index (χ1v) is 8.39. The van der Waals surface area contributed by atoms with Crippen LogP contribution in [-0.4, -0.2) is 19.5 Å². The highest BCUT2D eigenvalue weighted by Crippen LogP contribution is 2.33. The van der Waals surface area contributed by atoms with E-state index in [4.69, 9.17) is 9.97 Å². The molecule has 1 N–H and O–H groups in total. The zero-order chi connectivity index (χ0) is 16.8. The van der Waals surface area contributed by atoms with Gasteiger partial charge in [-0.2, -0.15) is 4.98 Å². The molecule has 0 amide bonds. The molecule has 5 nitrogen and oxygen atoms in total. The quantitative estimate of drug-likeness (QED) is 0.548. The minimum atomic E-state index is 0.631. The fraction of sp³-hybridized carbons (Fsp3) is 0.150. The first-order valence-electron chi connectivity index (χ1n) is 8.39. The number of imidazole rings is 1. The van der Waals surface area contributed by atoms with Crippen LogP contribution < -0.4 is 5.32 Å². The summed E-state index contributed by atoms with van der Waals surface area (Å²) in [6.45, 7) is 3.61. The topological polar surface area (TPSA) is 55.6 Å². The molecule has 0 saturated carbocycles. The average molecular weight is 327 g/mol. The molecule has 0 saturated heterocycles. The molecule has 1 aliphatic rings. The molecule has 0 fully saturated rings. The van der Waals surface area contributed by atoms with Crippen LogP contribution in [0.15, 0.2) is 54.7 Å². The summed E-state index contributed by atoms with van der Waals surface area (Å²) in [5.74, 6) is 1.61. The Morgan fingerprint density at radius 2 is 1.88 bits per heavy atom. The lowest BCUT2D eigenvalue weighted by molar-refractivity contribution is 0.863. The monoisotopic (exact) mass is 327 g/mol. The Hall–Kier alpha value is -3.21. The van der Waals surface area contributed by atoms with Crippen molar-refractivity contribution < 1.29 is 0 Å². The molecule has 122 valence electrons. The second kappa shape index (κ2) is 5.41. The highest BCUT2D eigenvalue weighted by atomic mass is 15.2. The van der Waals surface area contributed by atoms with Gasteiger partial charge in [0, 0.05) is 12.1 Å². The lowest BCUT2D eigenvalue weighted by atomic mass is 10.1. The van der Waals surface area contributed by atoms with Gasteiger partial charge in [-0.3, -0.25) is 0 Å². The number of nitrogens with zero attached hydrogens (tertiary/aromatic N) is 4. The average Bonchev–Trinajstić information content (AvgIpc) is 3.17. The van der Waals surface area contributed by atoms with E-state index in [0.717, 1.165) is 23.5 Å². The van der Waals surface area contributed by atoms with Gasteiger partial charge < -0.3 is 9.88 Å². The van der Waals surface area contributed by atoms with E-state index in [0.29, 0.717) is 12.5 Å². The van der Waals surface area contributed by atoms with Crippen LogP contribution in [-0.2, 0) is 13.1 Å². The molecule has 0 bridgehead atoms. The third kappa shape index (κ3) is 2.36. The summed E-state index contributed by atoms with van der Waals surface area (Å²) < 4.78 is 2.17. The smallest absolute Gasteiger partial charge is 0.225 e. The fourth-order valence-electron chi connectivity index (χ4n) is 3.29. The van der Waals surface area contributed by atoms with Gasteiger partial charge in [0.15, 0.2) is 5.65 Å². The second-order valence-corrected chi connectivity index (χ2v) is 6.42. The van der Waals surface area contributed by atoms with E-state index in [1.165, 1.54) is 22.3 Å². The van der Waals surface area contributed by atoms with Crippen LogP contribution in [0, 0.1) is 6.92 Å². The predicted octanol–water partition coefficient (Wildman–Crippen LogP) is 3.78. The Bertz CT molecular complexity index is 1080. The molecule has 2 aromatic heterocycles. The molecule has 0 spiro atoms. The highest BCUT2D eigenvalue weighted by Gasteiger charge is 2.23. The van der Waals surface area contributed by atoms with Crippen molar-refractivity contribution in [1.82, 2.24) is 19.5 Å². The third-order valence-electron chi connectivity index (χ3n) is 4.65. The lowest BCUT2D eigenvalue weighted by Gasteiger charge is -2.06. The Kier molecular flexibility index (Phi) is 3.06. The summed E-state index contributed by atoms with van der Waals surface area (Å²) in [7, 11) is 0. The summed E-state index contributed by atoms with van der Waals surface area (Å²) in [5, 5.41) is 3.31. The van der Waals surface area contributed by atoms with Gasteiger partial charge >= 0.3 is 0 Å². The lowest BCUT2D eigenvalue weighted by Crippen LogP contribution is -2.04. The van der Waals surface area contributed by atoms with E-state index in [1.807, 2.05) is 6.07 Å². The molecular weight excluding hydrogens is 310 g/mol. The number of aromatic nitrogens is 4. The fourth-order valence-corrected chi connectivity index (χ4v) is 3.29. The van der Waals surface area contributed by atoms with E-state index in [2.05, 4.69) is 64.3 Å². The first-order chi connectivity index (χ1) is 12.3. The molecule has 25 heavy (non-hydrogen) atoms. The Morgan fingerprint density at radius 3 is 2.76 bits per heavy atom. The SMILES string of the molecule is Cc1ccc(CNc2ncc3nc4n(c3n2)Cc2ccccc2-4)cc1. The van der Waals surface area contributed by atoms with Crippen molar-refractivity contribution in [3.8, 4) is 11.4 Å². The number of nitrogens with one attached hydrogen (secondary N) is 1. The Balaban J connectivity index is 1.46. The second-order valence-electron chi connectivity index (χ2n) is 6.42. The number of fused-ring (bicyclic) bond motifs is 5. The summed E-state index contributed by atoms with van der Waals surface area (Å²) in [5.41, 5.74) is 6.67. The summed E-state index contributed by atoms with van der Waals surface area (Å²) >= 11 is 0. The molecule has 5 rings (SSSR count). The largest absolute Gasteiger partial charge is 0.350 e. The normalized spacial score (nSPS) is 12.2. The molecule has 0 unspecified atom stereocenters. The van der Waals surface area contributed by atoms with Crippen molar-refractivity contribution >= 4 is 17.1 Å². The van der Waals surface area contributed by atoms with Gasteiger partial charge in [0.25, 0.3) is 0 Å². The zero-order valence-electron chi connectivity index (χ0n) is 13.9. The van der Waals surface area contributed by atoms with Crippen LogP contribution >= 0.6 is 0 Å². The van der Waals surface area contributed by atoms with Gasteiger partial charge in [0.2, 0.25) is 5.95 Å². The van der Waals surface area contributed by atoms with E-state index in [1.54, 1.807) is 6.20 Å². The minimum absolute atomic E-state index is 0.631. The van der Waals surface area contributed by atoms with Crippen molar-refractivity contribution in [2.75, 3.05) is 5.32 Å². The Morgan fingerprint density at radius 1 is 1.04 bits per heavy atom. The maximum atomic E-state index is 4.71. The van der Waals surface area contributed by atoms with Crippen molar-refractivity contribution in [2.24, 2.45) is 0 Å². The van der Waals surface area contributed by atoms with E-state index >= 15 is 0 Å². The molecule has 1 aliphatic heterocycles. The third-order valence-corrected chi connectivity index (χ3v) is 4.65. The maximum absolute atomic E-state index is 4.71. The van der Waals surface area contributed by atoms with E-state index in [9.17, 15) is 0 Å². The number of aryl methyl sites for hydroxylation is 1. The molecule has 0 atom stereocenters. The molecule has 4 aromatic rings. The molecule has 5 heteroatoms. The number of hydrogen-bond acceptors (Lipinski definition) is 4. The van der Waals surface area contributed by atoms with E-state index in [-0.39, 0.29) is 0 Å². The number of benzene rings is 2. The molecular formula is C20H17N5. The maximum Gasteiger partial charge on any atom is 0.225 e. The number of hydrogen-bond donors (Lipinski definition) is 1. The van der Waals surface area contributed by atoms with Crippen molar-refractivity contribution in [3.63, 3.8) is 0 Å². The van der Waals surface area contributed by atoms with Gasteiger partial charge in [0.1, 0.15) is 11.3 Å². The van der Waals surface area contributed by atoms with Crippen LogP contribution in [0.2, 0.25) is 0 Å². The van der Waals surface area contributed by atoms with Gasteiger partial charge in [-0.15, -0.1) is 0 Å². The summed E-state index contributed by atoms with van der Waals surface area (Å²) in [6.07, 6.45) is 1.80. The van der Waals surface area contributed by atoms with Gasteiger partial charge in [-0.1, -0.05) is 54.1 Å². The van der Waals surface area contributed by atoms with Crippen LogP contribution in [0.1, 0.15) is 16.7 Å². The summed E-state index contributed by atoms with van der Waals surface area (Å²) in [6, 6.07) is 16.8. The summed E-state index contributed by atoms with van der Waals surface area (Å²) in [4.78, 5) is 13.8. The minimum Gasteiger partial charge on any atom is -0.350 e. The molecule has 0 aliphatic carbocycles. The zero-order valence-corrected chi connectivity index (χ0v) is 13.9. The van der Waals surface area contributed by atoms with Crippen LogP contribution in [0.25, 0.3) is 22.6 Å². The van der Waals surface area contributed by atoms with Crippen molar-refractivity contribution in [2.45, 2.75) is 20.0 Å².